The second-order valence-electron chi connectivity index (χ2n) is 5.10. The standard InChI is InChI=1S/C13H16BrClN6O3/c1-3-19-7-10(15)11(16-19)8-18(2)12(22)4-5-20-6-9(14)13(17-20)21(23)24/h6-7H,3-5,8H2,1-2H3. The lowest BCUT2D eigenvalue weighted by Gasteiger charge is -2.15. The zero-order valence-corrected chi connectivity index (χ0v) is 15.5. The Bertz CT molecular complexity index is 759. The first kappa shape index (κ1) is 18.4. The molecule has 1 amide bonds. The lowest BCUT2D eigenvalue weighted by atomic mass is 10.3. The maximum Gasteiger partial charge on any atom is 0.404 e. The number of amides is 1. The summed E-state index contributed by atoms with van der Waals surface area (Å²) in [5, 5.41) is 19.4. The van der Waals surface area contributed by atoms with Gasteiger partial charge in [-0.25, -0.2) is 0 Å². The van der Waals surface area contributed by atoms with Crippen molar-refractivity contribution in [2.24, 2.45) is 0 Å². The Hall–Kier alpha value is -1.94. The van der Waals surface area contributed by atoms with Gasteiger partial charge in [0.25, 0.3) is 0 Å². The fourth-order valence-corrected chi connectivity index (χ4v) is 2.72. The molecule has 11 heteroatoms. The third kappa shape index (κ3) is 4.32. The summed E-state index contributed by atoms with van der Waals surface area (Å²) >= 11 is 9.16. The quantitative estimate of drug-likeness (QED) is 0.507. The monoisotopic (exact) mass is 418 g/mol. The van der Waals surface area contributed by atoms with Crippen molar-refractivity contribution in [1.82, 2.24) is 24.5 Å². The van der Waals surface area contributed by atoms with Gasteiger partial charge in [-0.3, -0.25) is 9.48 Å². The summed E-state index contributed by atoms with van der Waals surface area (Å²) in [5.74, 6) is -0.404. The molecular weight excluding hydrogens is 404 g/mol. The molecule has 2 aromatic rings. The molecule has 0 fully saturated rings. The van der Waals surface area contributed by atoms with E-state index in [2.05, 4.69) is 26.1 Å². The van der Waals surface area contributed by atoms with Crippen molar-refractivity contribution in [1.29, 1.82) is 0 Å². The Balaban J connectivity index is 1.93. The van der Waals surface area contributed by atoms with Crippen LogP contribution < -0.4 is 0 Å². The van der Waals surface area contributed by atoms with Crippen molar-refractivity contribution < 1.29 is 9.72 Å². The van der Waals surface area contributed by atoms with E-state index in [1.54, 1.807) is 17.9 Å². The summed E-state index contributed by atoms with van der Waals surface area (Å²) < 4.78 is 3.36. The van der Waals surface area contributed by atoms with Gasteiger partial charge in [0.15, 0.2) is 0 Å². The number of carbonyl (C=O) groups excluding carboxylic acids is 1. The zero-order valence-electron chi connectivity index (χ0n) is 13.1. The van der Waals surface area contributed by atoms with E-state index >= 15 is 0 Å². The number of hydrogen-bond acceptors (Lipinski definition) is 5. The molecule has 0 aliphatic rings. The van der Waals surface area contributed by atoms with Crippen molar-refractivity contribution in [2.45, 2.75) is 33.0 Å². The topological polar surface area (TPSA) is 99.1 Å². The fourth-order valence-electron chi connectivity index (χ4n) is 2.05. The first-order valence-electron chi connectivity index (χ1n) is 7.15. The van der Waals surface area contributed by atoms with Crippen molar-refractivity contribution in [2.75, 3.05) is 7.05 Å². The molecule has 0 radical (unpaired) electrons. The molecule has 0 aromatic carbocycles. The highest BCUT2D eigenvalue weighted by Gasteiger charge is 2.20. The Morgan fingerprint density at radius 2 is 2.12 bits per heavy atom. The van der Waals surface area contributed by atoms with Gasteiger partial charge in [-0.15, -0.1) is 0 Å². The van der Waals surface area contributed by atoms with Crippen LogP contribution in [-0.2, 0) is 24.4 Å². The van der Waals surface area contributed by atoms with Gasteiger partial charge in [0.2, 0.25) is 5.91 Å². The lowest BCUT2D eigenvalue weighted by molar-refractivity contribution is -0.390. The molecule has 0 unspecified atom stereocenters. The van der Waals surface area contributed by atoms with Crippen LogP contribution in [0.5, 0.6) is 0 Å². The van der Waals surface area contributed by atoms with E-state index in [9.17, 15) is 14.9 Å². The van der Waals surface area contributed by atoms with Crippen LogP contribution in [0.25, 0.3) is 0 Å². The Kier molecular flexibility index (Phi) is 5.94. The van der Waals surface area contributed by atoms with Crippen molar-refractivity contribution in [3.8, 4) is 0 Å². The van der Waals surface area contributed by atoms with Crippen molar-refractivity contribution in [3.05, 3.63) is 37.7 Å². The summed E-state index contributed by atoms with van der Waals surface area (Å²) in [4.78, 5) is 23.9. The van der Waals surface area contributed by atoms with Gasteiger partial charge in [-0.2, -0.15) is 9.78 Å². The molecule has 0 spiro atoms. The molecule has 2 heterocycles. The molecule has 130 valence electrons. The highest BCUT2D eigenvalue weighted by molar-refractivity contribution is 9.10. The summed E-state index contributed by atoms with van der Waals surface area (Å²) in [6.07, 6.45) is 3.36. The summed E-state index contributed by atoms with van der Waals surface area (Å²) in [6, 6.07) is 0. The van der Waals surface area contributed by atoms with Crippen LogP contribution in [0.15, 0.2) is 16.9 Å². The van der Waals surface area contributed by atoms with E-state index in [-0.39, 0.29) is 29.2 Å². The SMILES string of the molecule is CCn1cc(Cl)c(CN(C)C(=O)CCn2cc(Br)c([N+](=O)[O-])n2)n1. The van der Waals surface area contributed by atoms with Crippen LogP contribution in [0, 0.1) is 10.1 Å². The first-order valence-corrected chi connectivity index (χ1v) is 8.32. The largest absolute Gasteiger partial charge is 0.404 e. The van der Waals surface area contributed by atoms with E-state index in [1.807, 2.05) is 6.92 Å². The molecule has 0 saturated heterocycles. The maximum atomic E-state index is 12.2. The number of hydrogen-bond donors (Lipinski definition) is 0. The smallest absolute Gasteiger partial charge is 0.358 e. The normalized spacial score (nSPS) is 10.8. The zero-order chi connectivity index (χ0) is 17.9. The number of rotatable bonds is 7. The van der Waals surface area contributed by atoms with E-state index in [0.29, 0.717) is 23.8 Å². The van der Waals surface area contributed by atoms with Gasteiger partial charge in [0.05, 0.1) is 29.4 Å². The number of nitrogens with zero attached hydrogens (tertiary/aromatic N) is 6. The lowest BCUT2D eigenvalue weighted by Crippen LogP contribution is -2.27. The minimum atomic E-state index is -0.583. The van der Waals surface area contributed by atoms with Crippen LogP contribution in [0.2, 0.25) is 5.02 Å². The number of aromatic nitrogens is 4. The molecule has 0 atom stereocenters. The molecule has 0 N–H and O–H groups in total. The minimum absolute atomic E-state index is 0.133. The van der Waals surface area contributed by atoms with Crippen LogP contribution >= 0.6 is 27.5 Å². The molecule has 0 bridgehead atoms. The molecule has 0 aliphatic heterocycles. The third-order valence-corrected chi connectivity index (χ3v) is 4.23. The van der Waals surface area contributed by atoms with Gasteiger partial charge in [-0.05, 0) is 27.8 Å². The second-order valence-corrected chi connectivity index (χ2v) is 6.36. The van der Waals surface area contributed by atoms with Gasteiger partial charge in [0.1, 0.15) is 10.2 Å². The van der Waals surface area contributed by atoms with E-state index in [1.165, 1.54) is 15.8 Å². The predicted molar refractivity (Wildman–Crippen MR) is 90.6 cm³/mol. The van der Waals surface area contributed by atoms with Crippen LogP contribution in [0.3, 0.4) is 0 Å². The molecule has 0 aliphatic carbocycles. The summed E-state index contributed by atoms with van der Waals surface area (Å²) in [7, 11) is 1.66. The van der Waals surface area contributed by atoms with E-state index in [0.717, 1.165) is 0 Å². The van der Waals surface area contributed by atoms with Crippen LogP contribution in [-0.4, -0.2) is 42.3 Å². The molecule has 24 heavy (non-hydrogen) atoms. The fraction of sp³-hybridized carbons (Fsp3) is 0.462. The highest BCUT2D eigenvalue weighted by Crippen LogP contribution is 2.22. The Labute approximate surface area is 151 Å². The highest BCUT2D eigenvalue weighted by atomic mass is 79.9. The molecular formula is C13H16BrClN6O3. The van der Waals surface area contributed by atoms with Gasteiger partial charge in [0, 0.05) is 26.2 Å². The third-order valence-electron chi connectivity index (χ3n) is 3.35. The van der Waals surface area contributed by atoms with Crippen molar-refractivity contribution >= 4 is 39.3 Å². The average molecular weight is 420 g/mol. The molecule has 2 rings (SSSR count). The minimum Gasteiger partial charge on any atom is -0.358 e. The second kappa shape index (κ2) is 7.75. The molecule has 0 saturated carbocycles. The average Bonchev–Trinajstić information content (AvgIpc) is 3.07. The molecule has 2 aromatic heterocycles. The maximum absolute atomic E-state index is 12.2. The van der Waals surface area contributed by atoms with Crippen molar-refractivity contribution in [3.63, 3.8) is 0 Å². The first-order chi connectivity index (χ1) is 11.3. The number of aryl methyl sites for hydroxylation is 2. The molecule has 9 nitrogen and oxygen atoms in total. The number of halogens is 2. The predicted octanol–water partition coefficient (Wildman–Crippen LogP) is 2.47. The Morgan fingerprint density at radius 1 is 1.42 bits per heavy atom. The number of nitro groups is 1. The Morgan fingerprint density at radius 3 is 2.67 bits per heavy atom. The summed E-state index contributed by atoms with van der Waals surface area (Å²) in [5.41, 5.74) is 0.631. The van der Waals surface area contributed by atoms with E-state index in [4.69, 9.17) is 11.6 Å². The van der Waals surface area contributed by atoms with Crippen LogP contribution in [0.1, 0.15) is 19.0 Å². The number of carbonyl (C=O) groups is 1. The van der Waals surface area contributed by atoms with Gasteiger partial charge >= 0.3 is 5.82 Å². The van der Waals surface area contributed by atoms with Gasteiger partial charge in [-0.1, -0.05) is 11.6 Å². The van der Waals surface area contributed by atoms with Gasteiger partial charge < -0.3 is 15.0 Å². The summed E-state index contributed by atoms with van der Waals surface area (Å²) in [6.45, 7) is 3.19. The van der Waals surface area contributed by atoms with Crippen LogP contribution in [0.4, 0.5) is 5.82 Å². The van der Waals surface area contributed by atoms with E-state index < -0.39 is 4.92 Å².